The van der Waals surface area contributed by atoms with Crippen molar-refractivity contribution in [2.45, 2.75) is 40.5 Å². The minimum absolute atomic E-state index is 0.118. The number of nitriles is 1. The molecule has 0 aliphatic carbocycles. The highest BCUT2D eigenvalue weighted by Crippen LogP contribution is 2.23. The summed E-state index contributed by atoms with van der Waals surface area (Å²) in [5.74, 6) is 0.0789. The van der Waals surface area contributed by atoms with E-state index in [1.54, 1.807) is 29.3 Å². The van der Waals surface area contributed by atoms with Gasteiger partial charge in [0.05, 0.1) is 35.8 Å². The molecule has 3 rings (SSSR count). The summed E-state index contributed by atoms with van der Waals surface area (Å²) in [5, 5.41) is 16.2. The molecule has 1 aromatic heterocycles. The number of nitrogens with one attached hydrogen (secondary N) is 1. The van der Waals surface area contributed by atoms with E-state index in [1.165, 1.54) is 0 Å². The molecule has 0 spiro atoms. The molecule has 0 saturated heterocycles. The molecule has 2 amide bonds. The second-order valence-electron chi connectivity index (χ2n) is 8.40. The number of carbonyl (C=O) groups excluding carboxylic acids is 2. The first kappa shape index (κ1) is 24.5. The zero-order chi connectivity index (χ0) is 24.5. The standard InChI is InChI=1S/C26H29N5O3/c1-19(2)16-31-20(3)24(14-29-31)30(17-23-11-7-10-22(12-23)13-27)25(32)15-28-26(33)34-18-21-8-5-4-6-9-21/h4-12,14,19H,15-18H2,1-3H3,(H,28,33). The average Bonchev–Trinajstić information content (AvgIpc) is 3.19. The Morgan fingerprint density at radius 2 is 1.88 bits per heavy atom. The number of benzene rings is 2. The van der Waals surface area contributed by atoms with Crippen LogP contribution in [0.1, 0.15) is 36.2 Å². The summed E-state index contributed by atoms with van der Waals surface area (Å²) < 4.78 is 7.08. The van der Waals surface area contributed by atoms with Crippen LogP contribution in [0.5, 0.6) is 0 Å². The van der Waals surface area contributed by atoms with E-state index >= 15 is 0 Å². The largest absolute Gasteiger partial charge is 0.445 e. The molecule has 176 valence electrons. The molecule has 0 aliphatic rings. The van der Waals surface area contributed by atoms with Crippen molar-refractivity contribution in [3.63, 3.8) is 0 Å². The predicted molar refractivity (Wildman–Crippen MR) is 129 cm³/mol. The lowest BCUT2D eigenvalue weighted by Gasteiger charge is -2.23. The van der Waals surface area contributed by atoms with Gasteiger partial charge in [0.1, 0.15) is 13.2 Å². The minimum atomic E-state index is -0.671. The maximum absolute atomic E-state index is 13.2. The number of rotatable bonds is 9. The van der Waals surface area contributed by atoms with Crippen molar-refractivity contribution in [3.8, 4) is 6.07 Å². The molecule has 0 fully saturated rings. The number of anilines is 1. The van der Waals surface area contributed by atoms with E-state index < -0.39 is 6.09 Å². The van der Waals surface area contributed by atoms with Crippen molar-refractivity contribution in [1.29, 1.82) is 5.26 Å². The third kappa shape index (κ3) is 6.69. The van der Waals surface area contributed by atoms with Gasteiger partial charge in [-0.1, -0.05) is 56.3 Å². The summed E-state index contributed by atoms with van der Waals surface area (Å²) >= 11 is 0. The van der Waals surface area contributed by atoms with Gasteiger partial charge in [-0.05, 0) is 36.1 Å². The number of aromatic nitrogens is 2. The topological polar surface area (TPSA) is 100 Å². The molecule has 0 aliphatic heterocycles. The fraction of sp³-hybridized carbons (Fsp3) is 0.308. The zero-order valence-corrected chi connectivity index (χ0v) is 19.7. The molecule has 0 unspecified atom stereocenters. The van der Waals surface area contributed by atoms with Crippen LogP contribution in [0.2, 0.25) is 0 Å². The number of ether oxygens (including phenoxy) is 1. The van der Waals surface area contributed by atoms with Gasteiger partial charge in [0, 0.05) is 6.54 Å². The van der Waals surface area contributed by atoms with Crippen LogP contribution in [0.4, 0.5) is 10.5 Å². The van der Waals surface area contributed by atoms with Crippen LogP contribution in [0.3, 0.4) is 0 Å². The number of alkyl carbamates (subject to hydrolysis) is 1. The van der Waals surface area contributed by atoms with Crippen LogP contribution in [0.15, 0.2) is 60.8 Å². The first-order valence-corrected chi connectivity index (χ1v) is 11.1. The first-order chi connectivity index (χ1) is 16.4. The number of carbonyl (C=O) groups is 2. The minimum Gasteiger partial charge on any atom is -0.445 e. The van der Waals surface area contributed by atoms with E-state index in [2.05, 4.69) is 30.3 Å². The fourth-order valence-corrected chi connectivity index (χ4v) is 3.48. The van der Waals surface area contributed by atoms with Crippen molar-refractivity contribution in [2.24, 2.45) is 5.92 Å². The van der Waals surface area contributed by atoms with Crippen LogP contribution in [-0.4, -0.2) is 28.3 Å². The molecular weight excluding hydrogens is 430 g/mol. The smallest absolute Gasteiger partial charge is 0.407 e. The van der Waals surface area contributed by atoms with Crippen molar-refractivity contribution in [3.05, 3.63) is 83.2 Å². The Bertz CT molecular complexity index is 1160. The number of amides is 2. The van der Waals surface area contributed by atoms with Crippen molar-refractivity contribution >= 4 is 17.7 Å². The fourth-order valence-electron chi connectivity index (χ4n) is 3.48. The van der Waals surface area contributed by atoms with Crippen LogP contribution in [-0.2, 0) is 29.2 Å². The quantitative estimate of drug-likeness (QED) is 0.517. The van der Waals surface area contributed by atoms with Crippen LogP contribution < -0.4 is 10.2 Å². The summed E-state index contributed by atoms with van der Waals surface area (Å²) in [4.78, 5) is 27.0. The summed E-state index contributed by atoms with van der Waals surface area (Å²) in [7, 11) is 0. The molecule has 8 heteroatoms. The van der Waals surface area contributed by atoms with E-state index in [0.717, 1.165) is 23.4 Å². The van der Waals surface area contributed by atoms with Gasteiger partial charge in [0.2, 0.25) is 5.91 Å². The first-order valence-electron chi connectivity index (χ1n) is 11.1. The third-order valence-corrected chi connectivity index (χ3v) is 5.20. The summed E-state index contributed by atoms with van der Waals surface area (Å²) in [6.07, 6.45) is 0.994. The van der Waals surface area contributed by atoms with Crippen molar-refractivity contribution < 1.29 is 14.3 Å². The average molecular weight is 460 g/mol. The van der Waals surface area contributed by atoms with Crippen molar-refractivity contribution in [1.82, 2.24) is 15.1 Å². The van der Waals surface area contributed by atoms with Gasteiger partial charge in [-0.2, -0.15) is 10.4 Å². The molecule has 0 radical (unpaired) electrons. The lowest BCUT2D eigenvalue weighted by Crippen LogP contribution is -2.40. The van der Waals surface area contributed by atoms with Crippen LogP contribution in [0.25, 0.3) is 0 Å². The van der Waals surface area contributed by atoms with Gasteiger partial charge in [0.25, 0.3) is 0 Å². The summed E-state index contributed by atoms with van der Waals surface area (Å²) in [5.41, 5.74) is 3.68. The Morgan fingerprint density at radius 3 is 2.59 bits per heavy atom. The van der Waals surface area contributed by atoms with Gasteiger partial charge in [-0.25, -0.2) is 4.79 Å². The molecule has 8 nitrogen and oxygen atoms in total. The highest BCUT2D eigenvalue weighted by Gasteiger charge is 2.22. The Labute approximate surface area is 199 Å². The van der Waals surface area contributed by atoms with E-state index in [9.17, 15) is 14.9 Å². The Morgan fingerprint density at radius 1 is 1.15 bits per heavy atom. The van der Waals surface area contributed by atoms with Gasteiger partial charge < -0.3 is 15.0 Å². The molecule has 1 N–H and O–H groups in total. The maximum Gasteiger partial charge on any atom is 0.407 e. The molecular formula is C26H29N5O3. The molecule has 34 heavy (non-hydrogen) atoms. The van der Waals surface area contributed by atoms with Gasteiger partial charge in [-0.15, -0.1) is 0 Å². The van der Waals surface area contributed by atoms with Crippen molar-refractivity contribution in [2.75, 3.05) is 11.4 Å². The Kier molecular flexibility index (Phi) is 8.41. The van der Waals surface area contributed by atoms with Gasteiger partial charge in [0.15, 0.2) is 0 Å². The highest BCUT2D eigenvalue weighted by molar-refractivity contribution is 5.96. The van der Waals surface area contributed by atoms with Gasteiger partial charge in [-0.3, -0.25) is 9.48 Å². The Hall–Kier alpha value is -4.12. The molecule has 0 bridgehead atoms. The SMILES string of the molecule is Cc1c(N(Cc2cccc(C#N)c2)C(=O)CNC(=O)OCc2ccccc2)cnn1CC(C)C. The monoisotopic (exact) mass is 459 g/mol. The highest BCUT2D eigenvalue weighted by atomic mass is 16.5. The zero-order valence-electron chi connectivity index (χ0n) is 19.7. The maximum atomic E-state index is 13.2. The lowest BCUT2D eigenvalue weighted by atomic mass is 10.1. The normalized spacial score (nSPS) is 10.6. The number of hydrogen-bond donors (Lipinski definition) is 1. The van der Waals surface area contributed by atoms with E-state index in [-0.39, 0.29) is 25.6 Å². The second kappa shape index (κ2) is 11.7. The van der Waals surface area contributed by atoms with E-state index in [0.29, 0.717) is 17.2 Å². The molecule has 2 aromatic carbocycles. The Balaban J connectivity index is 1.73. The van der Waals surface area contributed by atoms with Crippen LogP contribution in [0, 0.1) is 24.2 Å². The van der Waals surface area contributed by atoms with E-state index in [1.807, 2.05) is 48.0 Å². The third-order valence-electron chi connectivity index (χ3n) is 5.20. The van der Waals surface area contributed by atoms with Crippen LogP contribution >= 0.6 is 0 Å². The second-order valence-corrected chi connectivity index (χ2v) is 8.40. The summed E-state index contributed by atoms with van der Waals surface area (Å²) in [6, 6.07) is 18.5. The molecule has 0 saturated carbocycles. The molecule has 0 atom stereocenters. The number of nitrogens with zero attached hydrogens (tertiary/aromatic N) is 4. The van der Waals surface area contributed by atoms with E-state index in [4.69, 9.17) is 4.74 Å². The summed E-state index contributed by atoms with van der Waals surface area (Å²) in [6.45, 7) is 6.96. The predicted octanol–water partition coefficient (Wildman–Crippen LogP) is 4.18. The van der Waals surface area contributed by atoms with Gasteiger partial charge >= 0.3 is 6.09 Å². The molecule has 3 aromatic rings. The molecule has 1 heterocycles. The lowest BCUT2D eigenvalue weighted by molar-refractivity contribution is -0.117. The number of hydrogen-bond acceptors (Lipinski definition) is 5.